The van der Waals surface area contributed by atoms with Crippen molar-refractivity contribution in [3.63, 3.8) is 0 Å². The zero-order valence-electron chi connectivity index (χ0n) is 9.13. The van der Waals surface area contributed by atoms with E-state index in [0.717, 1.165) is 24.0 Å². The molecule has 0 aliphatic carbocycles. The molecule has 0 radical (unpaired) electrons. The molecule has 0 aliphatic rings. The van der Waals surface area contributed by atoms with Gasteiger partial charge >= 0.3 is 0 Å². The van der Waals surface area contributed by atoms with Crippen molar-refractivity contribution in [3.8, 4) is 0 Å². The lowest BCUT2D eigenvalue weighted by Gasteiger charge is -2.03. The van der Waals surface area contributed by atoms with Crippen molar-refractivity contribution in [2.24, 2.45) is 0 Å². The van der Waals surface area contributed by atoms with Crippen LogP contribution in [0.2, 0.25) is 0 Å². The first-order chi connectivity index (χ1) is 8.38. The van der Waals surface area contributed by atoms with Crippen LogP contribution in [-0.4, -0.2) is 20.8 Å². The molecule has 0 saturated carbocycles. The molecule has 0 fully saturated rings. The molecule has 0 aliphatic heterocycles. The van der Waals surface area contributed by atoms with Crippen molar-refractivity contribution in [1.82, 2.24) is 14.5 Å². The Kier molecular flexibility index (Phi) is 2.26. The smallest absolute Gasteiger partial charge is 0.156 e. The molecule has 4 heteroatoms. The summed E-state index contributed by atoms with van der Waals surface area (Å²) in [6.07, 6.45) is 4.29. The van der Waals surface area contributed by atoms with E-state index in [1.165, 1.54) is 5.56 Å². The number of carbonyl (C=O) groups excluding carboxylic acids is 1. The normalized spacial score (nSPS) is 10.8. The molecule has 0 unspecified atom stereocenters. The van der Waals surface area contributed by atoms with Crippen LogP contribution < -0.4 is 0 Å². The van der Waals surface area contributed by atoms with Crippen molar-refractivity contribution >= 4 is 17.5 Å². The van der Waals surface area contributed by atoms with Crippen molar-refractivity contribution < 1.29 is 4.79 Å². The van der Waals surface area contributed by atoms with E-state index < -0.39 is 0 Å². The van der Waals surface area contributed by atoms with Gasteiger partial charge in [-0.05, 0) is 5.56 Å². The fourth-order valence-electron chi connectivity index (χ4n) is 1.99. The van der Waals surface area contributed by atoms with Gasteiger partial charge in [-0.1, -0.05) is 30.3 Å². The van der Waals surface area contributed by atoms with Gasteiger partial charge in [-0.15, -0.1) is 0 Å². The summed E-state index contributed by atoms with van der Waals surface area (Å²) in [4.78, 5) is 18.1. The van der Waals surface area contributed by atoms with Crippen LogP contribution in [0.3, 0.4) is 0 Å². The molecule has 4 nitrogen and oxygen atoms in total. The number of hydrogen-bond acceptors (Lipinski definition) is 2. The Hall–Kier alpha value is -2.36. The van der Waals surface area contributed by atoms with Crippen LogP contribution in [0.4, 0.5) is 0 Å². The highest BCUT2D eigenvalue weighted by molar-refractivity contribution is 5.93. The first-order valence-electron chi connectivity index (χ1n) is 5.40. The third kappa shape index (κ3) is 1.63. The Morgan fingerprint density at radius 2 is 2.12 bits per heavy atom. The van der Waals surface area contributed by atoms with Crippen LogP contribution in [0, 0.1) is 0 Å². The first kappa shape index (κ1) is 9.84. The van der Waals surface area contributed by atoms with Gasteiger partial charge < -0.3 is 9.55 Å². The second kappa shape index (κ2) is 3.90. The molecule has 0 saturated heterocycles. The average molecular weight is 225 g/mol. The van der Waals surface area contributed by atoms with Crippen LogP contribution in [0.5, 0.6) is 0 Å². The number of rotatable bonds is 3. The van der Waals surface area contributed by atoms with Gasteiger partial charge in [0.05, 0.1) is 17.4 Å². The SMILES string of the molecule is O=Cc1c[nH]c2ncn(Cc3ccccc3)c12. The summed E-state index contributed by atoms with van der Waals surface area (Å²) in [6, 6.07) is 10.1. The highest BCUT2D eigenvalue weighted by Crippen LogP contribution is 2.17. The van der Waals surface area contributed by atoms with Crippen LogP contribution in [0.25, 0.3) is 11.2 Å². The second-order valence-corrected chi connectivity index (χ2v) is 3.92. The quantitative estimate of drug-likeness (QED) is 0.695. The molecular formula is C13H11N3O. The maximum atomic E-state index is 10.9. The lowest BCUT2D eigenvalue weighted by molar-refractivity contribution is 0.112. The van der Waals surface area contributed by atoms with E-state index in [1.54, 1.807) is 12.5 Å². The molecule has 17 heavy (non-hydrogen) atoms. The monoisotopic (exact) mass is 225 g/mol. The summed E-state index contributed by atoms with van der Waals surface area (Å²) in [6.45, 7) is 0.718. The fourth-order valence-corrected chi connectivity index (χ4v) is 1.99. The molecule has 2 aromatic heterocycles. The molecule has 1 aromatic carbocycles. The minimum absolute atomic E-state index is 0.647. The number of carbonyl (C=O) groups is 1. The number of H-pyrrole nitrogens is 1. The predicted octanol–water partition coefficient (Wildman–Crippen LogP) is 2.23. The molecule has 0 amide bonds. The maximum Gasteiger partial charge on any atom is 0.156 e. The van der Waals surface area contributed by atoms with Gasteiger partial charge in [0.15, 0.2) is 11.9 Å². The van der Waals surface area contributed by atoms with E-state index in [-0.39, 0.29) is 0 Å². The van der Waals surface area contributed by atoms with Gasteiger partial charge in [-0.3, -0.25) is 4.79 Å². The van der Waals surface area contributed by atoms with Gasteiger partial charge in [0, 0.05) is 12.7 Å². The number of aromatic amines is 1. The molecule has 84 valence electrons. The number of nitrogens with zero attached hydrogens (tertiary/aromatic N) is 2. The number of hydrogen-bond donors (Lipinski definition) is 1. The Morgan fingerprint density at radius 1 is 1.29 bits per heavy atom. The van der Waals surface area contributed by atoms with E-state index in [1.807, 2.05) is 22.8 Å². The molecule has 0 atom stereocenters. The van der Waals surface area contributed by atoms with Crippen LogP contribution in [0.1, 0.15) is 15.9 Å². The average Bonchev–Trinajstić information content (AvgIpc) is 2.93. The zero-order chi connectivity index (χ0) is 11.7. The summed E-state index contributed by atoms with van der Waals surface area (Å²) < 4.78 is 1.98. The summed E-state index contributed by atoms with van der Waals surface area (Å²) in [5, 5.41) is 0. The standard InChI is InChI=1S/C13H11N3O/c17-8-11-6-14-13-12(11)16(9-15-13)7-10-4-2-1-3-5-10/h1-6,8-9,14H,7H2. The van der Waals surface area contributed by atoms with Crippen molar-refractivity contribution in [2.45, 2.75) is 6.54 Å². The molecule has 0 spiro atoms. The number of aromatic nitrogens is 3. The minimum Gasteiger partial charge on any atom is -0.344 e. The summed E-state index contributed by atoms with van der Waals surface area (Å²) in [7, 11) is 0. The summed E-state index contributed by atoms with van der Waals surface area (Å²) >= 11 is 0. The Balaban J connectivity index is 2.06. The number of fused-ring (bicyclic) bond motifs is 1. The Morgan fingerprint density at radius 3 is 2.88 bits per heavy atom. The lowest BCUT2D eigenvalue weighted by Crippen LogP contribution is -1.98. The van der Waals surface area contributed by atoms with E-state index in [2.05, 4.69) is 22.1 Å². The van der Waals surface area contributed by atoms with E-state index in [0.29, 0.717) is 5.56 Å². The van der Waals surface area contributed by atoms with Gasteiger partial charge in [-0.2, -0.15) is 0 Å². The zero-order valence-corrected chi connectivity index (χ0v) is 9.13. The van der Waals surface area contributed by atoms with Crippen LogP contribution in [-0.2, 0) is 6.54 Å². The third-order valence-electron chi connectivity index (χ3n) is 2.80. The summed E-state index contributed by atoms with van der Waals surface area (Å²) in [5.74, 6) is 0. The van der Waals surface area contributed by atoms with Gasteiger partial charge in [-0.25, -0.2) is 4.98 Å². The van der Waals surface area contributed by atoms with Crippen LogP contribution >= 0.6 is 0 Å². The van der Waals surface area contributed by atoms with Gasteiger partial charge in [0.2, 0.25) is 0 Å². The van der Waals surface area contributed by atoms with Crippen molar-refractivity contribution in [2.75, 3.05) is 0 Å². The minimum atomic E-state index is 0.647. The molecule has 1 N–H and O–H groups in total. The van der Waals surface area contributed by atoms with Crippen molar-refractivity contribution in [1.29, 1.82) is 0 Å². The number of nitrogens with one attached hydrogen (secondary N) is 1. The van der Waals surface area contributed by atoms with Crippen LogP contribution in [0.15, 0.2) is 42.9 Å². The van der Waals surface area contributed by atoms with Crippen molar-refractivity contribution in [3.05, 3.63) is 54.0 Å². The molecule has 3 rings (SSSR count). The topological polar surface area (TPSA) is 50.7 Å². The molecule has 2 heterocycles. The number of imidazole rings is 1. The first-order valence-corrected chi connectivity index (χ1v) is 5.40. The Bertz CT molecular complexity index is 652. The highest BCUT2D eigenvalue weighted by atomic mass is 16.1. The molecule has 0 bridgehead atoms. The van der Waals surface area contributed by atoms with Gasteiger partial charge in [0.25, 0.3) is 0 Å². The second-order valence-electron chi connectivity index (χ2n) is 3.92. The van der Waals surface area contributed by atoms with E-state index >= 15 is 0 Å². The number of benzene rings is 1. The fraction of sp³-hybridized carbons (Fsp3) is 0.0769. The van der Waals surface area contributed by atoms with E-state index in [9.17, 15) is 4.79 Å². The molecular weight excluding hydrogens is 214 g/mol. The van der Waals surface area contributed by atoms with Gasteiger partial charge in [0.1, 0.15) is 0 Å². The lowest BCUT2D eigenvalue weighted by atomic mass is 10.2. The third-order valence-corrected chi connectivity index (χ3v) is 2.80. The van der Waals surface area contributed by atoms with E-state index in [4.69, 9.17) is 0 Å². The highest BCUT2D eigenvalue weighted by Gasteiger charge is 2.09. The Labute approximate surface area is 97.9 Å². The summed E-state index contributed by atoms with van der Waals surface area (Å²) in [5.41, 5.74) is 3.45. The largest absolute Gasteiger partial charge is 0.344 e. The maximum absolute atomic E-state index is 10.9. The molecule has 3 aromatic rings. The predicted molar refractivity (Wildman–Crippen MR) is 65.0 cm³/mol. The number of aldehydes is 1.